The molecule has 1 N–H and O–H groups in total. The highest BCUT2D eigenvalue weighted by molar-refractivity contribution is 6.31. The molecule has 1 aliphatic rings. The Balaban J connectivity index is 1.50. The van der Waals surface area contributed by atoms with Crippen molar-refractivity contribution in [1.82, 2.24) is 14.9 Å². The molecule has 2 heterocycles. The second kappa shape index (κ2) is 9.99. The van der Waals surface area contributed by atoms with Crippen LogP contribution in [0.5, 0.6) is 11.5 Å². The van der Waals surface area contributed by atoms with Gasteiger partial charge < -0.3 is 19.5 Å². The Morgan fingerprint density at radius 2 is 2.06 bits per heavy atom. The van der Waals surface area contributed by atoms with Crippen LogP contribution >= 0.6 is 11.6 Å². The van der Waals surface area contributed by atoms with Crippen LogP contribution in [0.15, 0.2) is 36.7 Å². The lowest BCUT2D eigenvalue weighted by Gasteiger charge is -2.41. The molecule has 0 bridgehead atoms. The summed E-state index contributed by atoms with van der Waals surface area (Å²) in [6.07, 6.45) is 2.14. The van der Waals surface area contributed by atoms with Gasteiger partial charge in [-0.05, 0) is 44.5 Å². The van der Waals surface area contributed by atoms with Gasteiger partial charge in [0, 0.05) is 23.7 Å². The molecule has 1 fully saturated rings. The Bertz CT molecular complexity index is 1210. The first kappa shape index (κ1) is 24.0. The molecule has 34 heavy (non-hydrogen) atoms. The number of hydrogen-bond donors (Lipinski definition) is 1. The molecule has 4 rings (SSSR count). The van der Waals surface area contributed by atoms with Gasteiger partial charge in [0.25, 0.3) is 0 Å². The third-order valence-electron chi connectivity index (χ3n) is 5.70. The SMILES string of the molecule is COc1cc2ncnc(Nc3ccc(F)c(Cl)c3)c2cc1OCCCN1CC(=O)OCC1(C)C. The largest absolute Gasteiger partial charge is 0.493 e. The molecule has 0 radical (unpaired) electrons. The van der Waals surface area contributed by atoms with Crippen LogP contribution in [0.2, 0.25) is 5.02 Å². The predicted molar refractivity (Wildman–Crippen MR) is 128 cm³/mol. The second-order valence-corrected chi connectivity index (χ2v) is 9.00. The number of benzene rings is 2. The van der Waals surface area contributed by atoms with Gasteiger partial charge >= 0.3 is 5.97 Å². The van der Waals surface area contributed by atoms with Crippen LogP contribution in [0.4, 0.5) is 15.9 Å². The van der Waals surface area contributed by atoms with Gasteiger partial charge in [0.05, 0.1) is 36.3 Å². The van der Waals surface area contributed by atoms with Crippen LogP contribution < -0.4 is 14.8 Å². The number of rotatable bonds is 8. The van der Waals surface area contributed by atoms with E-state index in [4.69, 9.17) is 25.8 Å². The molecule has 0 spiro atoms. The van der Waals surface area contributed by atoms with Crippen molar-refractivity contribution in [2.75, 3.05) is 38.7 Å². The average molecular weight is 489 g/mol. The number of methoxy groups -OCH3 is 1. The van der Waals surface area contributed by atoms with Gasteiger partial charge in [-0.2, -0.15) is 0 Å². The molecule has 3 aromatic rings. The first-order chi connectivity index (χ1) is 16.3. The summed E-state index contributed by atoms with van der Waals surface area (Å²) in [5, 5.41) is 3.87. The molecule has 180 valence electrons. The summed E-state index contributed by atoms with van der Waals surface area (Å²) < 4.78 is 30.2. The van der Waals surface area contributed by atoms with E-state index in [2.05, 4.69) is 34.0 Å². The maximum atomic E-state index is 13.5. The molecular weight excluding hydrogens is 463 g/mol. The first-order valence-electron chi connectivity index (χ1n) is 10.8. The molecule has 10 heteroatoms. The van der Waals surface area contributed by atoms with Gasteiger partial charge in [-0.3, -0.25) is 9.69 Å². The van der Waals surface area contributed by atoms with Crippen LogP contribution in [-0.2, 0) is 9.53 Å². The lowest BCUT2D eigenvalue weighted by molar-refractivity contribution is -0.160. The minimum absolute atomic E-state index is 0.0131. The van der Waals surface area contributed by atoms with E-state index in [1.165, 1.54) is 18.5 Å². The third kappa shape index (κ3) is 5.31. The Hall–Kier alpha value is -3.17. The van der Waals surface area contributed by atoms with E-state index in [0.29, 0.717) is 60.1 Å². The Kier molecular flexibility index (Phi) is 7.04. The standard InChI is InChI=1S/C24H26ClFN4O4/c1-24(2)13-34-22(31)12-30(24)7-4-8-33-21-10-16-19(11-20(21)32-3)27-14-28-23(16)29-15-5-6-18(26)17(25)9-15/h5-6,9-11,14H,4,7-8,12-13H2,1-3H3,(H,27,28,29). The number of ether oxygens (including phenoxy) is 3. The molecular formula is C24H26ClFN4O4. The number of aromatic nitrogens is 2. The Morgan fingerprint density at radius 3 is 2.82 bits per heavy atom. The predicted octanol–water partition coefficient (Wildman–Crippen LogP) is 4.58. The number of nitrogens with one attached hydrogen (secondary N) is 1. The van der Waals surface area contributed by atoms with Crippen molar-refractivity contribution >= 4 is 40.0 Å². The monoisotopic (exact) mass is 488 g/mol. The number of carbonyl (C=O) groups excluding carboxylic acids is 1. The minimum Gasteiger partial charge on any atom is -0.493 e. The zero-order valence-electron chi connectivity index (χ0n) is 19.2. The minimum atomic E-state index is -0.495. The first-order valence-corrected chi connectivity index (χ1v) is 11.2. The summed E-state index contributed by atoms with van der Waals surface area (Å²) in [6, 6.07) is 7.94. The average Bonchev–Trinajstić information content (AvgIpc) is 2.81. The summed E-state index contributed by atoms with van der Waals surface area (Å²) in [7, 11) is 1.57. The zero-order valence-corrected chi connectivity index (χ0v) is 20.0. The third-order valence-corrected chi connectivity index (χ3v) is 5.99. The number of anilines is 2. The van der Waals surface area contributed by atoms with Gasteiger partial charge in [-0.25, -0.2) is 14.4 Å². The van der Waals surface area contributed by atoms with Crippen LogP contribution in [0.25, 0.3) is 10.9 Å². The van der Waals surface area contributed by atoms with E-state index in [1.54, 1.807) is 19.2 Å². The van der Waals surface area contributed by atoms with Gasteiger partial charge in [0.2, 0.25) is 0 Å². The summed E-state index contributed by atoms with van der Waals surface area (Å²) >= 11 is 5.90. The molecule has 0 unspecified atom stereocenters. The number of esters is 1. The van der Waals surface area contributed by atoms with Gasteiger partial charge in [0.1, 0.15) is 24.6 Å². The molecule has 2 aromatic carbocycles. The van der Waals surface area contributed by atoms with E-state index < -0.39 is 5.82 Å². The zero-order chi connectivity index (χ0) is 24.3. The van der Waals surface area contributed by atoms with Crippen molar-refractivity contribution in [2.24, 2.45) is 0 Å². The maximum Gasteiger partial charge on any atom is 0.320 e. The fourth-order valence-corrected chi connectivity index (χ4v) is 3.91. The van der Waals surface area contributed by atoms with Gasteiger partial charge in [0.15, 0.2) is 11.5 Å². The topological polar surface area (TPSA) is 85.8 Å². The van der Waals surface area contributed by atoms with Crippen molar-refractivity contribution in [1.29, 1.82) is 0 Å². The van der Waals surface area contributed by atoms with E-state index in [9.17, 15) is 9.18 Å². The summed E-state index contributed by atoms with van der Waals surface area (Å²) in [4.78, 5) is 22.4. The molecule has 8 nitrogen and oxygen atoms in total. The summed E-state index contributed by atoms with van der Waals surface area (Å²) in [5.41, 5.74) is 1.03. The smallest absolute Gasteiger partial charge is 0.320 e. The molecule has 1 saturated heterocycles. The Morgan fingerprint density at radius 1 is 1.24 bits per heavy atom. The number of cyclic esters (lactones) is 1. The number of nitrogens with zero attached hydrogens (tertiary/aromatic N) is 3. The quantitative estimate of drug-likeness (QED) is 0.364. The maximum absolute atomic E-state index is 13.5. The summed E-state index contributed by atoms with van der Waals surface area (Å²) in [6.45, 7) is 5.87. The van der Waals surface area contributed by atoms with E-state index >= 15 is 0 Å². The van der Waals surface area contributed by atoms with E-state index in [0.717, 1.165) is 0 Å². The summed E-state index contributed by atoms with van der Waals surface area (Å²) in [5.74, 6) is 0.906. The van der Waals surface area contributed by atoms with Crippen LogP contribution in [0, 0.1) is 5.82 Å². The Labute approximate surface area is 202 Å². The fraction of sp³-hybridized carbons (Fsp3) is 0.375. The van der Waals surface area contributed by atoms with E-state index in [-0.39, 0.29) is 23.1 Å². The van der Waals surface area contributed by atoms with Gasteiger partial charge in [-0.15, -0.1) is 0 Å². The normalized spacial score (nSPS) is 15.7. The van der Waals surface area contributed by atoms with Crippen molar-refractivity contribution in [3.63, 3.8) is 0 Å². The lowest BCUT2D eigenvalue weighted by atomic mass is 10.0. The fourth-order valence-electron chi connectivity index (χ4n) is 3.73. The highest BCUT2D eigenvalue weighted by Gasteiger charge is 2.34. The molecule has 0 aliphatic carbocycles. The molecule has 0 atom stereocenters. The highest BCUT2D eigenvalue weighted by Crippen LogP contribution is 2.35. The van der Waals surface area contributed by atoms with Crippen LogP contribution in [-0.4, -0.2) is 59.8 Å². The van der Waals surface area contributed by atoms with Crippen molar-refractivity contribution < 1.29 is 23.4 Å². The lowest BCUT2D eigenvalue weighted by Crippen LogP contribution is -2.55. The van der Waals surface area contributed by atoms with Gasteiger partial charge in [-0.1, -0.05) is 11.6 Å². The van der Waals surface area contributed by atoms with Crippen molar-refractivity contribution in [3.8, 4) is 11.5 Å². The number of carbonyl (C=O) groups is 1. The number of morpholine rings is 1. The molecule has 0 saturated carbocycles. The van der Waals surface area contributed by atoms with Crippen molar-refractivity contribution in [3.05, 3.63) is 47.5 Å². The molecule has 1 aliphatic heterocycles. The van der Waals surface area contributed by atoms with Crippen LogP contribution in [0.3, 0.4) is 0 Å². The second-order valence-electron chi connectivity index (χ2n) is 8.59. The number of halogens is 2. The van der Waals surface area contributed by atoms with Crippen LogP contribution in [0.1, 0.15) is 20.3 Å². The molecule has 1 aromatic heterocycles. The highest BCUT2D eigenvalue weighted by atomic mass is 35.5. The number of hydrogen-bond acceptors (Lipinski definition) is 8. The van der Waals surface area contributed by atoms with Crippen molar-refractivity contribution in [2.45, 2.75) is 25.8 Å². The molecule has 0 amide bonds. The number of fused-ring (bicyclic) bond motifs is 1. The van der Waals surface area contributed by atoms with E-state index in [1.807, 2.05) is 6.07 Å².